The summed E-state index contributed by atoms with van der Waals surface area (Å²) in [5, 5.41) is 6.76. The van der Waals surface area contributed by atoms with Crippen LogP contribution in [-0.2, 0) is 6.42 Å². The number of thiophene rings is 1. The topological polar surface area (TPSA) is 49.3 Å². The standard InChI is InChI=1S/C20H26F2N4O2S/c1-23-20(26-11-9-25(10-12-26)18-4-3-13-29-18)24-8-7-15-5-6-16(27-2)17(14-15)28-19(21)22/h3-6,13-14,19H,7-12H2,1-2H3,(H,23,24). The average Bonchev–Trinajstić information content (AvgIpc) is 3.26. The molecular formula is C20H26F2N4O2S. The van der Waals surface area contributed by atoms with Gasteiger partial charge in [-0.15, -0.1) is 11.3 Å². The molecule has 6 nitrogen and oxygen atoms in total. The zero-order valence-electron chi connectivity index (χ0n) is 16.6. The molecule has 0 saturated carbocycles. The first-order chi connectivity index (χ1) is 14.1. The lowest BCUT2D eigenvalue weighted by Crippen LogP contribution is -2.52. The van der Waals surface area contributed by atoms with E-state index in [0.29, 0.717) is 18.7 Å². The Balaban J connectivity index is 1.50. The highest BCUT2D eigenvalue weighted by atomic mass is 32.1. The van der Waals surface area contributed by atoms with Crippen LogP contribution in [0.15, 0.2) is 40.7 Å². The highest BCUT2D eigenvalue weighted by Crippen LogP contribution is 2.29. The molecule has 1 aliphatic rings. The molecule has 1 N–H and O–H groups in total. The lowest BCUT2D eigenvalue weighted by Gasteiger charge is -2.37. The Bertz CT molecular complexity index is 794. The molecule has 1 aliphatic heterocycles. The van der Waals surface area contributed by atoms with Gasteiger partial charge in [0.25, 0.3) is 0 Å². The Morgan fingerprint density at radius 2 is 2.00 bits per heavy atom. The molecule has 158 valence electrons. The molecule has 0 radical (unpaired) electrons. The van der Waals surface area contributed by atoms with Gasteiger partial charge in [-0.2, -0.15) is 8.78 Å². The molecule has 0 unspecified atom stereocenters. The molecule has 2 aromatic rings. The van der Waals surface area contributed by atoms with Gasteiger partial charge in [0.1, 0.15) is 0 Å². The van der Waals surface area contributed by atoms with E-state index in [1.165, 1.54) is 12.1 Å². The Morgan fingerprint density at radius 3 is 2.62 bits per heavy atom. The summed E-state index contributed by atoms with van der Waals surface area (Å²) in [7, 11) is 3.20. The molecule has 0 amide bonds. The number of nitrogens with one attached hydrogen (secondary N) is 1. The fourth-order valence-electron chi connectivity index (χ4n) is 3.30. The molecule has 1 saturated heterocycles. The van der Waals surface area contributed by atoms with Gasteiger partial charge in [-0.25, -0.2) is 0 Å². The summed E-state index contributed by atoms with van der Waals surface area (Å²) in [4.78, 5) is 9.01. The number of aliphatic imine (C=N–C) groups is 1. The Hall–Kier alpha value is -2.55. The zero-order chi connectivity index (χ0) is 20.6. The average molecular weight is 425 g/mol. The fraction of sp³-hybridized carbons (Fsp3) is 0.450. The minimum Gasteiger partial charge on any atom is -0.493 e. The maximum absolute atomic E-state index is 12.6. The molecule has 0 spiro atoms. The van der Waals surface area contributed by atoms with Gasteiger partial charge in [-0.05, 0) is 41.6 Å². The van der Waals surface area contributed by atoms with Gasteiger partial charge in [0.2, 0.25) is 0 Å². The van der Waals surface area contributed by atoms with Crippen molar-refractivity contribution in [3.63, 3.8) is 0 Å². The first-order valence-electron chi connectivity index (χ1n) is 9.46. The molecule has 1 fully saturated rings. The number of methoxy groups -OCH3 is 1. The second-order valence-corrected chi connectivity index (χ2v) is 7.44. The van der Waals surface area contributed by atoms with E-state index in [9.17, 15) is 8.78 Å². The third-order valence-corrected chi connectivity index (χ3v) is 5.68. The van der Waals surface area contributed by atoms with Crippen molar-refractivity contribution in [3.8, 4) is 11.5 Å². The third kappa shape index (κ3) is 5.72. The largest absolute Gasteiger partial charge is 0.493 e. The molecule has 9 heteroatoms. The number of guanidine groups is 1. The van der Waals surface area contributed by atoms with Crippen LogP contribution in [0.5, 0.6) is 11.5 Å². The normalized spacial score (nSPS) is 15.0. The van der Waals surface area contributed by atoms with E-state index in [4.69, 9.17) is 4.74 Å². The third-order valence-electron chi connectivity index (χ3n) is 4.75. The van der Waals surface area contributed by atoms with Gasteiger partial charge in [0, 0.05) is 39.8 Å². The van der Waals surface area contributed by atoms with Crippen molar-refractivity contribution in [3.05, 3.63) is 41.3 Å². The number of rotatable bonds is 7. The van der Waals surface area contributed by atoms with Crippen LogP contribution in [0.3, 0.4) is 0 Å². The molecule has 29 heavy (non-hydrogen) atoms. The van der Waals surface area contributed by atoms with Crippen molar-refractivity contribution in [2.45, 2.75) is 13.0 Å². The van der Waals surface area contributed by atoms with E-state index in [2.05, 4.69) is 42.4 Å². The van der Waals surface area contributed by atoms with Crippen molar-refractivity contribution in [2.75, 3.05) is 51.8 Å². The summed E-state index contributed by atoms with van der Waals surface area (Å²) >= 11 is 1.76. The molecule has 1 aromatic carbocycles. The van der Waals surface area contributed by atoms with Crippen LogP contribution in [-0.4, -0.2) is 64.4 Å². The van der Waals surface area contributed by atoms with E-state index < -0.39 is 6.61 Å². The lowest BCUT2D eigenvalue weighted by molar-refractivity contribution is -0.0512. The minimum absolute atomic E-state index is 0.0501. The first kappa shape index (κ1) is 21.2. The van der Waals surface area contributed by atoms with Crippen LogP contribution in [0.2, 0.25) is 0 Å². The summed E-state index contributed by atoms with van der Waals surface area (Å²) in [6.45, 7) is 1.45. The number of hydrogen-bond acceptors (Lipinski definition) is 5. The number of alkyl halides is 2. The number of hydrogen-bond donors (Lipinski definition) is 1. The van der Waals surface area contributed by atoms with Crippen LogP contribution >= 0.6 is 11.3 Å². The summed E-state index contributed by atoms with van der Waals surface area (Å²) in [5.41, 5.74) is 0.881. The van der Waals surface area contributed by atoms with E-state index in [1.54, 1.807) is 30.5 Å². The van der Waals surface area contributed by atoms with E-state index in [0.717, 1.165) is 37.7 Å². The smallest absolute Gasteiger partial charge is 0.387 e. The highest BCUT2D eigenvalue weighted by Gasteiger charge is 2.20. The number of halogens is 2. The summed E-state index contributed by atoms with van der Waals surface area (Å²) in [6, 6.07) is 9.31. The second-order valence-electron chi connectivity index (χ2n) is 6.51. The Labute approximate surface area is 173 Å². The minimum atomic E-state index is -2.89. The number of ether oxygens (including phenoxy) is 2. The first-order valence-corrected chi connectivity index (χ1v) is 10.3. The molecule has 3 rings (SSSR count). The second kappa shape index (κ2) is 10.3. The Kier molecular flexibility index (Phi) is 7.51. The van der Waals surface area contributed by atoms with Crippen LogP contribution in [0.4, 0.5) is 13.8 Å². The van der Waals surface area contributed by atoms with Crippen LogP contribution < -0.4 is 19.7 Å². The monoisotopic (exact) mass is 424 g/mol. The van der Waals surface area contributed by atoms with E-state index in [-0.39, 0.29) is 5.75 Å². The maximum atomic E-state index is 12.6. The van der Waals surface area contributed by atoms with Gasteiger partial charge in [-0.1, -0.05) is 6.07 Å². The van der Waals surface area contributed by atoms with Crippen LogP contribution in [0, 0.1) is 0 Å². The Morgan fingerprint density at radius 1 is 1.21 bits per heavy atom. The van der Waals surface area contributed by atoms with Crippen LogP contribution in [0.25, 0.3) is 0 Å². The van der Waals surface area contributed by atoms with Crippen LogP contribution in [0.1, 0.15) is 5.56 Å². The maximum Gasteiger partial charge on any atom is 0.387 e. The predicted octanol–water partition coefficient (Wildman–Crippen LogP) is 3.30. The summed E-state index contributed by atoms with van der Waals surface area (Å²) < 4.78 is 34.8. The summed E-state index contributed by atoms with van der Waals surface area (Å²) in [6.07, 6.45) is 0.651. The summed E-state index contributed by atoms with van der Waals surface area (Å²) in [5.74, 6) is 1.20. The van der Waals surface area contributed by atoms with Gasteiger partial charge < -0.3 is 24.6 Å². The molecule has 1 aromatic heterocycles. The molecule has 0 aliphatic carbocycles. The van der Waals surface area contributed by atoms with Gasteiger partial charge in [-0.3, -0.25) is 4.99 Å². The molecular weight excluding hydrogens is 398 g/mol. The SMILES string of the molecule is CN=C(NCCc1ccc(OC)c(OC(F)F)c1)N1CCN(c2cccs2)CC1. The van der Waals surface area contributed by atoms with Gasteiger partial charge in [0.15, 0.2) is 17.5 Å². The number of anilines is 1. The highest BCUT2D eigenvalue weighted by molar-refractivity contribution is 7.14. The number of benzene rings is 1. The van der Waals surface area contributed by atoms with Crippen molar-refractivity contribution in [1.29, 1.82) is 0 Å². The lowest BCUT2D eigenvalue weighted by atomic mass is 10.1. The molecule has 0 atom stereocenters. The van der Waals surface area contributed by atoms with Crippen molar-refractivity contribution in [2.24, 2.45) is 4.99 Å². The van der Waals surface area contributed by atoms with Gasteiger partial charge >= 0.3 is 6.61 Å². The van der Waals surface area contributed by atoms with E-state index >= 15 is 0 Å². The van der Waals surface area contributed by atoms with Crippen molar-refractivity contribution < 1.29 is 18.3 Å². The zero-order valence-corrected chi connectivity index (χ0v) is 17.4. The van der Waals surface area contributed by atoms with Crippen molar-refractivity contribution >= 4 is 22.3 Å². The number of piperazine rings is 1. The van der Waals surface area contributed by atoms with Gasteiger partial charge in [0.05, 0.1) is 12.1 Å². The predicted molar refractivity (Wildman–Crippen MR) is 113 cm³/mol. The molecule has 2 heterocycles. The van der Waals surface area contributed by atoms with Crippen molar-refractivity contribution in [1.82, 2.24) is 10.2 Å². The van der Waals surface area contributed by atoms with E-state index in [1.807, 2.05) is 6.07 Å². The fourth-order valence-corrected chi connectivity index (χ4v) is 4.09. The quantitative estimate of drug-likeness (QED) is 0.546. The molecule has 0 bridgehead atoms. The number of nitrogens with zero attached hydrogens (tertiary/aromatic N) is 3.